The number of fused-ring (bicyclic) bond motifs is 1. The molecule has 0 radical (unpaired) electrons. The molecule has 2 aromatic rings. The Morgan fingerprint density at radius 3 is 2.80 bits per heavy atom. The summed E-state index contributed by atoms with van der Waals surface area (Å²) in [6, 6.07) is 15.2. The van der Waals surface area contributed by atoms with Crippen LogP contribution in [-0.4, -0.2) is 37.9 Å². The standard InChI is InChI=1S/C19H21NO4S/c1-20(15-6-3-2-4-7-15)19(21)13-25-11-5-10-22-16-8-9-17-18(12-16)24-14-23-17/h2-4,6-9,12H,5,10-11,13-14H2,1H3. The van der Waals surface area contributed by atoms with Gasteiger partial charge in [-0.05, 0) is 36.4 Å². The Bertz CT molecular complexity index is 708. The molecule has 132 valence electrons. The first kappa shape index (κ1) is 17.5. The molecule has 0 aliphatic carbocycles. The van der Waals surface area contributed by atoms with E-state index in [-0.39, 0.29) is 12.7 Å². The summed E-state index contributed by atoms with van der Waals surface area (Å²) in [7, 11) is 1.81. The van der Waals surface area contributed by atoms with Gasteiger partial charge >= 0.3 is 0 Å². The van der Waals surface area contributed by atoms with E-state index in [1.807, 2.05) is 48.5 Å². The molecular weight excluding hydrogens is 338 g/mol. The number of benzene rings is 2. The van der Waals surface area contributed by atoms with Crippen LogP contribution in [-0.2, 0) is 4.79 Å². The SMILES string of the molecule is CN(C(=O)CSCCCOc1ccc2c(c1)OCO2)c1ccccc1. The van der Waals surface area contributed by atoms with Crippen LogP contribution in [0.4, 0.5) is 5.69 Å². The summed E-state index contributed by atoms with van der Waals surface area (Å²) in [6.07, 6.45) is 0.876. The maximum Gasteiger partial charge on any atom is 0.236 e. The van der Waals surface area contributed by atoms with E-state index < -0.39 is 0 Å². The number of anilines is 1. The van der Waals surface area contributed by atoms with Crippen molar-refractivity contribution in [2.24, 2.45) is 0 Å². The van der Waals surface area contributed by atoms with Crippen molar-refractivity contribution in [1.82, 2.24) is 0 Å². The Balaban J connectivity index is 1.32. The number of carbonyl (C=O) groups is 1. The summed E-state index contributed by atoms with van der Waals surface area (Å²) >= 11 is 1.62. The molecule has 0 fully saturated rings. The Kier molecular flexibility index (Phi) is 6.06. The smallest absolute Gasteiger partial charge is 0.236 e. The minimum Gasteiger partial charge on any atom is -0.493 e. The molecule has 0 saturated carbocycles. The molecular formula is C19H21NO4S. The number of rotatable bonds is 8. The fourth-order valence-electron chi connectivity index (χ4n) is 2.37. The number of carbonyl (C=O) groups excluding carboxylic acids is 1. The van der Waals surface area contributed by atoms with Crippen molar-refractivity contribution in [2.75, 3.05) is 36.9 Å². The predicted molar refractivity (Wildman–Crippen MR) is 99.9 cm³/mol. The van der Waals surface area contributed by atoms with E-state index in [0.717, 1.165) is 35.1 Å². The van der Waals surface area contributed by atoms with Crippen LogP contribution < -0.4 is 19.1 Å². The fourth-order valence-corrected chi connectivity index (χ4v) is 3.20. The minimum absolute atomic E-state index is 0.105. The lowest BCUT2D eigenvalue weighted by molar-refractivity contribution is -0.115. The maximum atomic E-state index is 12.2. The van der Waals surface area contributed by atoms with E-state index in [1.165, 1.54) is 0 Å². The first-order valence-electron chi connectivity index (χ1n) is 8.16. The van der Waals surface area contributed by atoms with Gasteiger partial charge in [0.1, 0.15) is 5.75 Å². The second-order valence-corrected chi connectivity index (χ2v) is 6.66. The molecule has 0 unspecified atom stereocenters. The zero-order valence-electron chi connectivity index (χ0n) is 14.1. The highest BCUT2D eigenvalue weighted by molar-refractivity contribution is 7.99. The lowest BCUT2D eigenvalue weighted by Crippen LogP contribution is -2.27. The molecule has 1 aliphatic rings. The largest absolute Gasteiger partial charge is 0.493 e. The summed E-state index contributed by atoms with van der Waals surface area (Å²) in [5.74, 6) is 3.70. The average Bonchev–Trinajstić information content (AvgIpc) is 3.12. The Hall–Kier alpha value is -2.34. The maximum absolute atomic E-state index is 12.2. The Morgan fingerprint density at radius 1 is 1.16 bits per heavy atom. The van der Waals surface area contributed by atoms with Crippen LogP contribution >= 0.6 is 11.8 Å². The van der Waals surface area contributed by atoms with Crippen molar-refractivity contribution in [2.45, 2.75) is 6.42 Å². The fraction of sp³-hybridized carbons (Fsp3) is 0.316. The van der Waals surface area contributed by atoms with Crippen molar-refractivity contribution >= 4 is 23.4 Å². The molecule has 0 atom stereocenters. The van der Waals surface area contributed by atoms with Crippen molar-refractivity contribution in [3.8, 4) is 17.2 Å². The van der Waals surface area contributed by atoms with E-state index in [1.54, 1.807) is 23.7 Å². The van der Waals surface area contributed by atoms with Gasteiger partial charge in [-0.25, -0.2) is 0 Å². The van der Waals surface area contributed by atoms with Crippen LogP contribution in [0, 0.1) is 0 Å². The third-order valence-corrected chi connectivity index (χ3v) is 4.82. The predicted octanol–water partition coefficient (Wildman–Crippen LogP) is 3.58. The van der Waals surface area contributed by atoms with Gasteiger partial charge in [0.2, 0.25) is 12.7 Å². The third-order valence-electron chi connectivity index (χ3n) is 3.79. The Morgan fingerprint density at radius 2 is 1.96 bits per heavy atom. The first-order valence-corrected chi connectivity index (χ1v) is 9.31. The van der Waals surface area contributed by atoms with Gasteiger partial charge in [0.15, 0.2) is 11.5 Å². The molecule has 0 saturated heterocycles. The second-order valence-electron chi connectivity index (χ2n) is 5.56. The van der Waals surface area contributed by atoms with E-state index in [2.05, 4.69) is 0 Å². The van der Waals surface area contributed by atoms with E-state index in [4.69, 9.17) is 14.2 Å². The molecule has 0 bridgehead atoms. The summed E-state index contributed by atoms with van der Waals surface area (Å²) in [4.78, 5) is 13.8. The molecule has 5 nitrogen and oxygen atoms in total. The summed E-state index contributed by atoms with van der Waals surface area (Å²) < 4.78 is 16.3. The number of ether oxygens (including phenoxy) is 3. The molecule has 0 aromatic heterocycles. The van der Waals surface area contributed by atoms with Crippen molar-refractivity contribution in [1.29, 1.82) is 0 Å². The lowest BCUT2D eigenvalue weighted by atomic mass is 10.3. The van der Waals surface area contributed by atoms with Crippen LogP contribution in [0.2, 0.25) is 0 Å². The highest BCUT2D eigenvalue weighted by Crippen LogP contribution is 2.35. The van der Waals surface area contributed by atoms with Gasteiger partial charge in [-0.15, -0.1) is 0 Å². The molecule has 1 amide bonds. The average molecular weight is 359 g/mol. The Labute approximate surface area is 151 Å². The van der Waals surface area contributed by atoms with Crippen molar-refractivity contribution in [3.63, 3.8) is 0 Å². The van der Waals surface area contributed by atoms with E-state index in [9.17, 15) is 4.79 Å². The van der Waals surface area contributed by atoms with Gasteiger partial charge in [-0.1, -0.05) is 18.2 Å². The molecule has 1 heterocycles. The number of hydrogen-bond acceptors (Lipinski definition) is 5. The quantitative estimate of drug-likeness (QED) is 0.674. The number of para-hydroxylation sites is 1. The highest BCUT2D eigenvalue weighted by Gasteiger charge is 2.13. The third kappa shape index (κ3) is 4.82. The minimum atomic E-state index is 0.105. The summed E-state index contributed by atoms with van der Waals surface area (Å²) in [6.45, 7) is 0.871. The zero-order valence-corrected chi connectivity index (χ0v) is 15.0. The van der Waals surface area contributed by atoms with Crippen molar-refractivity contribution in [3.05, 3.63) is 48.5 Å². The molecule has 0 N–H and O–H groups in total. The van der Waals surface area contributed by atoms with Crippen LogP contribution in [0.1, 0.15) is 6.42 Å². The summed E-state index contributed by atoms with van der Waals surface area (Å²) in [5, 5.41) is 0. The van der Waals surface area contributed by atoms with Crippen molar-refractivity contribution < 1.29 is 19.0 Å². The van der Waals surface area contributed by atoms with E-state index >= 15 is 0 Å². The van der Waals surface area contributed by atoms with Gasteiger partial charge in [-0.2, -0.15) is 11.8 Å². The molecule has 3 rings (SSSR count). The van der Waals surface area contributed by atoms with Crippen LogP contribution in [0.3, 0.4) is 0 Å². The van der Waals surface area contributed by atoms with Gasteiger partial charge < -0.3 is 19.1 Å². The van der Waals surface area contributed by atoms with Gasteiger partial charge in [0, 0.05) is 18.8 Å². The first-order chi connectivity index (χ1) is 12.2. The molecule has 2 aromatic carbocycles. The monoisotopic (exact) mass is 359 g/mol. The van der Waals surface area contributed by atoms with Gasteiger partial charge in [0.05, 0.1) is 12.4 Å². The van der Waals surface area contributed by atoms with Crippen LogP contribution in [0.5, 0.6) is 17.2 Å². The molecule has 6 heteroatoms. The normalized spacial score (nSPS) is 12.0. The molecule has 0 spiro atoms. The molecule has 25 heavy (non-hydrogen) atoms. The number of amides is 1. The van der Waals surface area contributed by atoms with E-state index in [0.29, 0.717) is 12.4 Å². The van der Waals surface area contributed by atoms with Crippen LogP contribution in [0.25, 0.3) is 0 Å². The number of nitrogens with zero attached hydrogens (tertiary/aromatic N) is 1. The molecule has 1 aliphatic heterocycles. The lowest BCUT2D eigenvalue weighted by Gasteiger charge is -2.16. The zero-order chi connectivity index (χ0) is 17.5. The second kappa shape index (κ2) is 8.67. The van der Waals surface area contributed by atoms with Gasteiger partial charge in [0.25, 0.3) is 0 Å². The summed E-state index contributed by atoms with van der Waals surface area (Å²) in [5.41, 5.74) is 0.916. The highest BCUT2D eigenvalue weighted by atomic mass is 32.2. The number of thioether (sulfide) groups is 1. The van der Waals surface area contributed by atoms with Gasteiger partial charge in [-0.3, -0.25) is 4.79 Å². The topological polar surface area (TPSA) is 48.0 Å². The van der Waals surface area contributed by atoms with Crippen LogP contribution in [0.15, 0.2) is 48.5 Å². The number of hydrogen-bond donors (Lipinski definition) is 0.